The summed E-state index contributed by atoms with van der Waals surface area (Å²) in [5, 5.41) is 21.6. The number of anilines is 1. The van der Waals surface area contributed by atoms with Crippen LogP contribution in [0, 0.1) is 5.82 Å². The van der Waals surface area contributed by atoms with Gasteiger partial charge in [0.2, 0.25) is 0 Å². The molecule has 0 spiro atoms. The molecule has 0 bridgehead atoms. The van der Waals surface area contributed by atoms with Crippen molar-refractivity contribution in [1.82, 2.24) is 5.32 Å². The van der Waals surface area contributed by atoms with Gasteiger partial charge in [-0.15, -0.1) is 0 Å². The minimum absolute atomic E-state index is 0.0696. The lowest BCUT2D eigenvalue weighted by Gasteiger charge is -2.11. The van der Waals surface area contributed by atoms with Crippen molar-refractivity contribution >= 4 is 33.6 Å². The average molecular weight is 321 g/mol. The van der Waals surface area contributed by atoms with E-state index in [0.29, 0.717) is 4.47 Å². The third kappa shape index (κ3) is 3.97. The zero-order chi connectivity index (χ0) is 13.7. The Kier molecular flexibility index (Phi) is 5.05. The van der Waals surface area contributed by atoms with Crippen LogP contribution in [0.2, 0.25) is 0 Å². The number of para-hydroxylation sites is 1. The van der Waals surface area contributed by atoms with E-state index < -0.39 is 30.5 Å². The second-order valence-electron chi connectivity index (χ2n) is 3.29. The largest absolute Gasteiger partial charge is 0.479 e. The molecule has 8 heteroatoms. The molecule has 0 aromatic heterocycles. The summed E-state index contributed by atoms with van der Waals surface area (Å²) in [5.41, 5.74) is -0.0696. The number of amides is 2. The number of hydrogen-bond acceptors (Lipinski definition) is 3. The molecule has 1 aromatic carbocycles. The number of urea groups is 1. The summed E-state index contributed by atoms with van der Waals surface area (Å²) in [6, 6.07) is 3.33. The topological polar surface area (TPSA) is 98.7 Å². The number of halogens is 2. The van der Waals surface area contributed by atoms with Gasteiger partial charge in [0, 0.05) is 4.47 Å². The van der Waals surface area contributed by atoms with Crippen LogP contribution in [0.3, 0.4) is 0 Å². The smallest absolute Gasteiger partial charge is 0.334 e. The number of aliphatic hydroxyl groups excluding tert-OH is 1. The third-order valence-electron chi connectivity index (χ3n) is 1.94. The average Bonchev–Trinajstić information content (AvgIpc) is 2.30. The highest BCUT2D eigenvalue weighted by Crippen LogP contribution is 2.24. The molecule has 0 aliphatic heterocycles. The molecule has 0 heterocycles. The van der Waals surface area contributed by atoms with Crippen LogP contribution in [0.25, 0.3) is 0 Å². The van der Waals surface area contributed by atoms with Gasteiger partial charge in [0.05, 0.1) is 12.2 Å². The van der Waals surface area contributed by atoms with Gasteiger partial charge < -0.3 is 20.8 Å². The van der Waals surface area contributed by atoms with Crippen LogP contribution in [0.4, 0.5) is 14.9 Å². The van der Waals surface area contributed by atoms with Crippen molar-refractivity contribution in [3.8, 4) is 0 Å². The number of carbonyl (C=O) groups is 2. The molecule has 6 nitrogen and oxygen atoms in total. The Morgan fingerprint density at radius 2 is 2.11 bits per heavy atom. The van der Waals surface area contributed by atoms with E-state index in [1.807, 2.05) is 0 Å². The van der Waals surface area contributed by atoms with Crippen LogP contribution < -0.4 is 10.6 Å². The normalized spacial score (nSPS) is 11.7. The lowest BCUT2D eigenvalue weighted by atomic mass is 10.3. The number of aliphatic hydroxyl groups is 1. The Balaban J connectivity index is 2.58. The van der Waals surface area contributed by atoms with Gasteiger partial charge in [-0.2, -0.15) is 0 Å². The summed E-state index contributed by atoms with van der Waals surface area (Å²) in [6.07, 6.45) is -1.71. The molecule has 0 radical (unpaired) electrons. The summed E-state index contributed by atoms with van der Waals surface area (Å²) in [7, 11) is 0. The molecular weight excluding hydrogens is 311 g/mol. The predicted molar refractivity (Wildman–Crippen MR) is 64.8 cm³/mol. The first-order valence-corrected chi connectivity index (χ1v) is 5.61. The van der Waals surface area contributed by atoms with E-state index in [9.17, 15) is 14.0 Å². The number of hydrogen-bond donors (Lipinski definition) is 4. The Bertz CT molecular complexity index is 449. The van der Waals surface area contributed by atoms with Crippen LogP contribution in [0.15, 0.2) is 22.7 Å². The summed E-state index contributed by atoms with van der Waals surface area (Å²) in [5.74, 6) is -2.10. The highest BCUT2D eigenvalue weighted by Gasteiger charge is 2.15. The Labute approximate surface area is 110 Å². The first-order valence-electron chi connectivity index (χ1n) is 4.81. The summed E-state index contributed by atoms with van der Waals surface area (Å²) < 4.78 is 13.7. The molecule has 1 atom stereocenters. The number of carboxylic acid groups (broad SMARTS) is 1. The molecule has 0 saturated heterocycles. The van der Waals surface area contributed by atoms with Gasteiger partial charge in [0.15, 0.2) is 6.10 Å². The zero-order valence-electron chi connectivity index (χ0n) is 8.98. The maximum atomic E-state index is 13.3. The number of carboxylic acids is 1. The molecule has 1 aromatic rings. The van der Waals surface area contributed by atoms with Crippen LogP contribution in [-0.4, -0.2) is 34.9 Å². The number of aliphatic carboxylic acids is 1. The second kappa shape index (κ2) is 6.31. The van der Waals surface area contributed by atoms with E-state index in [1.165, 1.54) is 12.1 Å². The fraction of sp³-hybridized carbons (Fsp3) is 0.200. The van der Waals surface area contributed by atoms with Crippen molar-refractivity contribution in [3.05, 3.63) is 28.5 Å². The maximum Gasteiger partial charge on any atom is 0.334 e. The van der Waals surface area contributed by atoms with Gasteiger partial charge >= 0.3 is 12.0 Å². The fourth-order valence-corrected chi connectivity index (χ4v) is 1.49. The molecule has 0 aliphatic rings. The molecule has 0 aliphatic carbocycles. The van der Waals surface area contributed by atoms with Crippen molar-refractivity contribution in [1.29, 1.82) is 0 Å². The van der Waals surface area contributed by atoms with Gasteiger partial charge in [-0.3, -0.25) is 0 Å². The summed E-state index contributed by atoms with van der Waals surface area (Å²) in [4.78, 5) is 21.6. The summed E-state index contributed by atoms with van der Waals surface area (Å²) >= 11 is 3.05. The number of rotatable bonds is 4. The lowest BCUT2D eigenvalue weighted by molar-refractivity contribution is -0.146. The minimum Gasteiger partial charge on any atom is -0.479 e. The first-order chi connectivity index (χ1) is 8.41. The van der Waals surface area contributed by atoms with Gasteiger partial charge in [0.1, 0.15) is 5.82 Å². The fourth-order valence-electron chi connectivity index (χ4n) is 1.05. The van der Waals surface area contributed by atoms with Crippen LogP contribution in [0.5, 0.6) is 0 Å². The van der Waals surface area contributed by atoms with Crippen LogP contribution in [-0.2, 0) is 4.79 Å². The van der Waals surface area contributed by atoms with Crippen molar-refractivity contribution in [2.24, 2.45) is 0 Å². The van der Waals surface area contributed by atoms with E-state index in [0.717, 1.165) is 6.07 Å². The number of carbonyl (C=O) groups excluding carboxylic acids is 1. The van der Waals surface area contributed by atoms with Gasteiger partial charge in [-0.25, -0.2) is 14.0 Å². The van der Waals surface area contributed by atoms with E-state index in [4.69, 9.17) is 10.2 Å². The molecule has 2 amide bonds. The van der Waals surface area contributed by atoms with E-state index in [-0.39, 0.29) is 5.69 Å². The van der Waals surface area contributed by atoms with Crippen LogP contribution >= 0.6 is 15.9 Å². The van der Waals surface area contributed by atoms with Crippen molar-refractivity contribution in [2.75, 3.05) is 11.9 Å². The third-order valence-corrected chi connectivity index (χ3v) is 2.60. The minimum atomic E-state index is -1.71. The van der Waals surface area contributed by atoms with Crippen molar-refractivity contribution < 1.29 is 24.2 Å². The second-order valence-corrected chi connectivity index (χ2v) is 4.14. The molecule has 0 unspecified atom stereocenters. The van der Waals surface area contributed by atoms with E-state index in [2.05, 4.69) is 26.6 Å². The van der Waals surface area contributed by atoms with Gasteiger partial charge in [-0.1, -0.05) is 6.07 Å². The highest BCUT2D eigenvalue weighted by atomic mass is 79.9. The van der Waals surface area contributed by atoms with Gasteiger partial charge in [0.25, 0.3) is 0 Å². The standard InChI is InChI=1S/C10H10BrFN2O4/c11-5-2-1-3-6(12)8(5)14-10(18)13-4-7(15)9(16)17/h1-3,7,15H,4H2,(H,16,17)(H2,13,14,18)/t7-/m0/s1. The Morgan fingerprint density at radius 3 is 2.67 bits per heavy atom. The monoisotopic (exact) mass is 320 g/mol. The molecular formula is C10H10BrFN2O4. The number of nitrogens with one attached hydrogen (secondary N) is 2. The Hall–Kier alpha value is -1.67. The molecule has 1 rings (SSSR count). The molecule has 0 fully saturated rings. The van der Waals surface area contributed by atoms with E-state index in [1.54, 1.807) is 0 Å². The SMILES string of the molecule is O=C(NC[C@H](O)C(=O)O)Nc1c(F)cccc1Br. The van der Waals surface area contributed by atoms with Gasteiger partial charge in [-0.05, 0) is 28.1 Å². The quantitative estimate of drug-likeness (QED) is 0.669. The van der Waals surface area contributed by atoms with Crippen LogP contribution in [0.1, 0.15) is 0 Å². The van der Waals surface area contributed by atoms with E-state index >= 15 is 0 Å². The molecule has 98 valence electrons. The lowest BCUT2D eigenvalue weighted by Crippen LogP contribution is -2.38. The molecule has 18 heavy (non-hydrogen) atoms. The van der Waals surface area contributed by atoms with Crippen molar-refractivity contribution in [2.45, 2.75) is 6.10 Å². The highest BCUT2D eigenvalue weighted by molar-refractivity contribution is 9.10. The summed E-state index contributed by atoms with van der Waals surface area (Å²) in [6.45, 7) is -0.479. The van der Waals surface area contributed by atoms with Crippen molar-refractivity contribution in [3.63, 3.8) is 0 Å². The first kappa shape index (κ1) is 14.4. The number of benzene rings is 1. The predicted octanol–water partition coefficient (Wildman–Crippen LogP) is 1.16. The maximum absolute atomic E-state index is 13.3. The molecule has 0 saturated carbocycles. The zero-order valence-corrected chi connectivity index (χ0v) is 10.6. The Morgan fingerprint density at radius 1 is 1.44 bits per heavy atom. The molecule has 4 N–H and O–H groups in total.